The van der Waals surface area contributed by atoms with Gasteiger partial charge in [-0.25, -0.2) is 0 Å². The predicted molar refractivity (Wildman–Crippen MR) is 75.4 cm³/mol. The molecular weight excluding hydrogens is 297 g/mol. The molecule has 2 rings (SSSR count). The molecule has 1 aliphatic heterocycles. The Kier molecular flexibility index (Phi) is 5.42. The van der Waals surface area contributed by atoms with Gasteiger partial charge in [-0.15, -0.1) is 0 Å². The average Bonchev–Trinajstić information content (AvgIpc) is 2.47. The first-order chi connectivity index (χ1) is 10.4. The Labute approximate surface area is 127 Å². The van der Waals surface area contributed by atoms with Crippen molar-refractivity contribution in [1.29, 1.82) is 0 Å². The van der Waals surface area contributed by atoms with Gasteiger partial charge in [0.1, 0.15) is 6.04 Å². The number of halogens is 3. The molecule has 7 heteroatoms. The van der Waals surface area contributed by atoms with E-state index in [1.165, 1.54) is 12.1 Å². The molecule has 1 aromatic rings. The van der Waals surface area contributed by atoms with Crippen molar-refractivity contribution in [2.45, 2.75) is 31.7 Å². The van der Waals surface area contributed by atoms with Crippen LogP contribution in [0.1, 0.15) is 18.1 Å². The molecule has 22 heavy (non-hydrogen) atoms. The molecule has 1 saturated heterocycles. The zero-order valence-electron chi connectivity index (χ0n) is 12.2. The van der Waals surface area contributed by atoms with Crippen LogP contribution in [0.15, 0.2) is 24.3 Å². The second-order valence-corrected chi connectivity index (χ2v) is 5.20. The van der Waals surface area contributed by atoms with E-state index in [2.05, 4.69) is 10.6 Å². The molecule has 2 atom stereocenters. The van der Waals surface area contributed by atoms with Crippen LogP contribution in [-0.2, 0) is 22.1 Å². The van der Waals surface area contributed by atoms with Gasteiger partial charge in [-0.2, -0.15) is 13.2 Å². The van der Waals surface area contributed by atoms with Crippen molar-refractivity contribution in [1.82, 2.24) is 10.6 Å². The molecule has 1 fully saturated rings. The monoisotopic (exact) mass is 316 g/mol. The molecule has 0 radical (unpaired) electrons. The van der Waals surface area contributed by atoms with Crippen LogP contribution in [0.3, 0.4) is 0 Å². The summed E-state index contributed by atoms with van der Waals surface area (Å²) in [5.74, 6) is -0.253. The number of ether oxygens (including phenoxy) is 1. The summed E-state index contributed by atoms with van der Waals surface area (Å²) in [5.41, 5.74) is -0.479. The minimum atomic E-state index is -4.38. The third-order valence-corrected chi connectivity index (χ3v) is 3.62. The van der Waals surface area contributed by atoms with Gasteiger partial charge in [-0.05, 0) is 25.0 Å². The maximum atomic E-state index is 12.9. The largest absolute Gasteiger partial charge is 0.416 e. The van der Waals surface area contributed by atoms with E-state index in [-0.39, 0.29) is 30.5 Å². The number of alkyl halides is 3. The summed E-state index contributed by atoms with van der Waals surface area (Å²) in [6.45, 7) is 3.06. The molecule has 4 nitrogen and oxygen atoms in total. The lowest BCUT2D eigenvalue weighted by atomic mass is 10.0. The third kappa shape index (κ3) is 4.20. The topological polar surface area (TPSA) is 50.4 Å². The molecule has 1 heterocycles. The highest BCUT2D eigenvalue weighted by molar-refractivity contribution is 5.82. The van der Waals surface area contributed by atoms with Crippen molar-refractivity contribution in [3.05, 3.63) is 35.4 Å². The van der Waals surface area contributed by atoms with E-state index in [1.807, 2.05) is 0 Å². The Morgan fingerprint density at radius 2 is 2.14 bits per heavy atom. The first-order valence-electron chi connectivity index (χ1n) is 7.17. The first-order valence-corrected chi connectivity index (χ1v) is 7.17. The van der Waals surface area contributed by atoms with Gasteiger partial charge in [-0.1, -0.05) is 18.2 Å². The Balaban J connectivity index is 1.90. The highest BCUT2D eigenvalue weighted by Gasteiger charge is 2.33. The normalized spacial score (nSPS) is 22.4. The quantitative estimate of drug-likeness (QED) is 0.890. The van der Waals surface area contributed by atoms with Crippen LogP contribution in [0.5, 0.6) is 0 Å². The minimum Gasteiger partial charge on any atom is -0.375 e. The van der Waals surface area contributed by atoms with Gasteiger partial charge in [0.25, 0.3) is 0 Å². The van der Waals surface area contributed by atoms with Crippen molar-refractivity contribution in [3.63, 3.8) is 0 Å². The van der Waals surface area contributed by atoms with Gasteiger partial charge in [0, 0.05) is 13.1 Å². The molecule has 0 unspecified atom stereocenters. The van der Waals surface area contributed by atoms with E-state index in [0.29, 0.717) is 13.2 Å². The maximum Gasteiger partial charge on any atom is 0.416 e. The minimum absolute atomic E-state index is 0.128. The maximum absolute atomic E-state index is 12.9. The van der Waals surface area contributed by atoms with Crippen LogP contribution < -0.4 is 10.6 Å². The fraction of sp³-hybridized carbons (Fsp3) is 0.533. The summed E-state index contributed by atoms with van der Waals surface area (Å²) >= 11 is 0. The molecule has 0 aliphatic carbocycles. The third-order valence-electron chi connectivity index (χ3n) is 3.62. The Morgan fingerprint density at radius 3 is 2.82 bits per heavy atom. The molecule has 0 bridgehead atoms. The summed E-state index contributed by atoms with van der Waals surface area (Å²) in [6, 6.07) is 4.93. The van der Waals surface area contributed by atoms with E-state index in [0.717, 1.165) is 6.07 Å². The van der Waals surface area contributed by atoms with Crippen LogP contribution in [0.25, 0.3) is 0 Å². The number of morpholine rings is 1. The summed E-state index contributed by atoms with van der Waals surface area (Å²) in [7, 11) is 0. The van der Waals surface area contributed by atoms with Crippen molar-refractivity contribution >= 4 is 5.91 Å². The first kappa shape index (κ1) is 16.8. The average molecular weight is 316 g/mol. The fourth-order valence-corrected chi connectivity index (χ4v) is 2.47. The number of hydrogen-bond donors (Lipinski definition) is 2. The number of carbonyl (C=O) groups is 1. The predicted octanol–water partition coefficient (Wildman–Crippen LogP) is 1.74. The zero-order valence-corrected chi connectivity index (χ0v) is 12.2. The number of hydrogen-bond acceptors (Lipinski definition) is 3. The van der Waals surface area contributed by atoms with Crippen molar-refractivity contribution < 1.29 is 22.7 Å². The van der Waals surface area contributed by atoms with E-state index in [9.17, 15) is 18.0 Å². The summed E-state index contributed by atoms with van der Waals surface area (Å²) in [5, 5.41) is 5.70. The van der Waals surface area contributed by atoms with Gasteiger partial charge < -0.3 is 15.4 Å². The fourth-order valence-electron chi connectivity index (χ4n) is 2.47. The Hall–Kier alpha value is -1.60. The zero-order chi connectivity index (χ0) is 16.2. The lowest BCUT2D eigenvalue weighted by Crippen LogP contribution is -2.55. The van der Waals surface area contributed by atoms with E-state index < -0.39 is 17.8 Å². The molecule has 1 aromatic carbocycles. The number of amides is 1. The van der Waals surface area contributed by atoms with Crippen LogP contribution in [0.2, 0.25) is 0 Å². The Morgan fingerprint density at radius 1 is 1.41 bits per heavy atom. The highest BCUT2D eigenvalue weighted by Crippen LogP contribution is 2.31. The molecule has 1 aliphatic rings. The number of benzene rings is 1. The Bertz CT molecular complexity index is 520. The smallest absolute Gasteiger partial charge is 0.375 e. The van der Waals surface area contributed by atoms with Gasteiger partial charge in [0.05, 0.1) is 18.3 Å². The lowest BCUT2D eigenvalue weighted by Gasteiger charge is -2.29. The van der Waals surface area contributed by atoms with Crippen molar-refractivity contribution in [3.8, 4) is 0 Å². The van der Waals surface area contributed by atoms with Gasteiger partial charge in [0.15, 0.2) is 0 Å². The molecule has 0 spiro atoms. The standard InChI is InChI=1S/C15H19F3N2O2/c1-10-13(19-8-9-22-10)14(21)20-7-6-11-4-2-3-5-12(11)15(16,17)18/h2-5,10,13,19H,6-9H2,1H3,(H,20,21)/t10-,13+/m1/s1. The van der Waals surface area contributed by atoms with Crippen LogP contribution in [0, 0.1) is 0 Å². The molecule has 0 aromatic heterocycles. The molecular formula is C15H19F3N2O2. The van der Waals surface area contributed by atoms with E-state index >= 15 is 0 Å². The molecule has 0 saturated carbocycles. The van der Waals surface area contributed by atoms with Gasteiger partial charge in [-0.3, -0.25) is 4.79 Å². The van der Waals surface area contributed by atoms with Crippen molar-refractivity contribution in [2.24, 2.45) is 0 Å². The second-order valence-electron chi connectivity index (χ2n) is 5.20. The summed E-state index contributed by atoms with van der Waals surface area (Å²) in [4.78, 5) is 12.0. The lowest BCUT2D eigenvalue weighted by molar-refractivity contribution is -0.138. The second kappa shape index (κ2) is 7.11. The van der Waals surface area contributed by atoms with Gasteiger partial charge in [0.2, 0.25) is 5.91 Å². The SMILES string of the molecule is C[C@H]1OCCN[C@@H]1C(=O)NCCc1ccccc1C(F)(F)F. The van der Waals surface area contributed by atoms with E-state index in [4.69, 9.17) is 4.74 Å². The van der Waals surface area contributed by atoms with Crippen LogP contribution in [0.4, 0.5) is 13.2 Å². The summed E-state index contributed by atoms with van der Waals surface area (Å²) in [6.07, 6.45) is -4.51. The molecule has 2 N–H and O–H groups in total. The van der Waals surface area contributed by atoms with Crippen molar-refractivity contribution in [2.75, 3.05) is 19.7 Å². The van der Waals surface area contributed by atoms with Crippen LogP contribution >= 0.6 is 0 Å². The highest BCUT2D eigenvalue weighted by atomic mass is 19.4. The molecule has 1 amide bonds. The van der Waals surface area contributed by atoms with Gasteiger partial charge >= 0.3 is 6.18 Å². The summed E-state index contributed by atoms with van der Waals surface area (Å²) < 4.78 is 44.0. The molecule has 122 valence electrons. The van der Waals surface area contributed by atoms with E-state index in [1.54, 1.807) is 13.0 Å². The number of rotatable bonds is 4. The number of carbonyl (C=O) groups excluding carboxylic acids is 1. The number of nitrogens with one attached hydrogen (secondary N) is 2. The van der Waals surface area contributed by atoms with Crippen LogP contribution in [-0.4, -0.2) is 37.7 Å².